The molecule has 16 heteroatoms. The molecular weight excluding hydrogens is 641 g/mol. The minimum absolute atomic E-state index is 0.127. The lowest BCUT2D eigenvalue weighted by atomic mass is 10.1. The van der Waals surface area contributed by atoms with Crippen LogP contribution < -0.4 is 21.3 Å². The molecule has 47 heavy (non-hydrogen) atoms. The Morgan fingerprint density at radius 1 is 1.11 bits per heavy atom. The van der Waals surface area contributed by atoms with Crippen molar-refractivity contribution in [3.63, 3.8) is 0 Å². The molecule has 1 unspecified atom stereocenters. The standard InChI is InChI=1S/C31H34ClF3N8O4/c1-18(36-12-3-13-37-30(46)42-22-9-7-20(8-10-22)31(33,34)35)6-11-23-25(44)26(45)29(47-23)43-17-41-24-27(39-16-40-28(24)43)38-15-19-4-2-5-21(32)14-19/h2,4-11,14,16-18,23,25-26,29,36,44-45H,3,12-13,15H2,1H3,(H2,37,42,46)(H,38,39,40)/t18?,23-,25-,26-,29-/m1/s1. The first-order valence-electron chi connectivity index (χ1n) is 14.8. The van der Waals surface area contributed by atoms with Crippen molar-refractivity contribution in [2.24, 2.45) is 0 Å². The molecule has 6 N–H and O–H groups in total. The number of benzene rings is 2. The number of urea groups is 1. The number of imidazole rings is 1. The van der Waals surface area contributed by atoms with Crippen molar-refractivity contribution in [1.29, 1.82) is 0 Å². The third-order valence-electron chi connectivity index (χ3n) is 7.42. The van der Waals surface area contributed by atoms with E-state index in [4.69, 9.17) is 16.3 Å². The third-order valence-corrected chi connectivity index (χ3v) is 7.66. The Bertz CT molecular complexity index is 1690. The molecule has 0 aliphatic carbocycles. The van der Waals surface area contributed by atoms with E-state index in [1.54, 1.807) is 22.8 Å². The molecule has 1 aliphatic heterocycles. The largest absolute Gasteiger partial charge is 0.416 e. The second-order valence-corrected chi connectivity index (χ2v) is 11.4. The van der Waals surface area contributed by atoms with Crippen molar-refractivity contribution in [2.45, 2.75) is 56.6 Å². The van der Waals surface area contributed by atoms with Crippen molar-refractivity contribution in [3.05, 3.63) is 89.5 Å². The van der Waals surface area contributed by atoms with Gasteiger partial charge in [-0.3, -0.25) is 4.57 Å². The van der Waals surface area contributed by atoms with Gasteiger partial charge in [-0.15, -0.1) is 0 Å². The van der Waals surface area contributed by atoms with E-state index in [1.165, 1.54) is 24.8 Å². The number of nitrogens with one attached hydrogen (secondary N) is 4. The van der Waals surface area contributed by atoms with Crippen LogP contribution in [0.1, 0.15) is 30.7 Å². The summed E-state index contributed by atoms with van der Waals surface area (Å²) >= 11 is 6.08. The zero-order chi connectivity index (χ0) is 33.6. The Labute approximate surface area is 273 Å². The van der Waals surface area contributed by atoms with E-state index >= 15 is 0 Å². The number of anilines is 2. The van der Waals surface area contributed by atoms with Crippen molar-refractivity contribution < 1.29 is 32.9 Å². The van der Waals surface area contributed by atoms with Crippen molar-refractivity contribution in [3.8, 4) is 0 Å². The number of alkyl halides is 3. The lowest BCUT2D eigenvalue weighted by Gasteiger charge is -2.16. The summed E-state index contributed by atoms with van der Waals surface area (Å²) in [5.41, 5.74) is 1.31. The Morgan fingerprint density at radius 2 is 1.89 bits per heavy atom. The lowest BCUT2D eigenvalue weighted by Crippen LogP contribution is -2.33. The van der Waals surface area contributed by atoms with Gasteiger partial charge in [0.25, 0.3) is 0 Å². The van der Waals surface area contributed by atoms with Crippen LogP contribution in [0.5, 0.6) is 0 Å². The number of carbonyl (C=O) groups is 1. The predicted octanol–water partition coefficient (Wildman–Crippen LogP) is 4.48. The molecule has 5 atom stereocenters. The topological polar surface area (TPSA) is 158 Å². The van der Waals surface area contributed by atoms with Gasteiger partial charge in [0.05, 0.1) is 11.9 Å². The molecule has 5 rings (SSSR count). The van der Waals surface area contributed by atoms with Gasteiger partial charge in [0.1, 0.15) is 24.6 Å². The number of amides is 2. The average molecular weight is 675 g/mol. The number of carbonyl (C=O) groups excluding carboxylic acids is 1. The fraction of sp³-hybridized carbons (Fsp3) is 0.355. The minimum Gasteiger partial charge on any atom is -0.387 e. The van der Waals surface area contributed by atoms with E-state index in [0.717, 1.165) is 17.7 Å². The Hall–Kier alpha value is -4.28. The number of hydrogen-bond acceptors (Lipinski definition) is 9. The number of aromatic nitrogens is 4. The first-order valence-corrected chi connectivity index (χ1v) is 15.2. The normalized spacial score (nSPS) is 20.5. The Balaban J connectivity index is 1.07. The lowest BCUT2D eigenvalue weighted by molar-refractivity contribution is -0.137. The summed E-state index contributed by atoms with van der Waals surface area (Å²) in [6, 6.07) is 10.9. The number of aliphatic hydroxyl groups is 2. The molecule has 2 amide bonds. The van der Waals surface area contributed by atoms with Gasteiger partial charge >= 0.3 is 12.2 Å². The number of ether oxygens (including phenoxy) is 1. The maximum Gasteiger partial charge on any atom is 0.416 e. The summed E-state index contributed by atoms with van der Waals surface area (Å²) in [6.45, 7) is 3.22. The third kappa shape index (κ3) is 8.75. The molecule has 250 valence electrons. The van der Waals surface area contributed by atoms with Crippen LogP contribution in [0.15, 0.2) is 73.3 Å². The number of nitrogens with zero attached hydrogens (tertiary/aromatic N) is 4. The molecular formula is C31H34ClF3N8O4. The maximum atomic E-state index is 12.7. The van der Waals surface area contributed by atoms with Gasteiger partial charge in [-0.1, -0.05) is 35.9 Å². The van der Waals surface area contributed by atoms with Crippen LogP contribution in [-0.2, 0) is 17.5 Å². The van der Waals surface area contributed by atoms with Crippen LogP contribution in [0.2, 0.25) is 5.02 Å². The highest BCUT2D eigenvalue weighted by Crippen LogP contribution is 2.33. The summed E-state index contributed by atoms with van der Waals surface area (Å²) < 4.78 is 45.6. The molecule has 12 nitrogen and oxygen atoms in total. The van der Waals surface area contributed by atoms with Crippen LogP contribution in [0.25, 0.3) is 11.2 Å². The molecule has 4 aromatic rings. The molecule has 0 spiro atoms. The predicted molar refractivity (Wildman–Crippen MR) is 170 cm³/mol. The van der Waals surface area contributed by atoms with Gasteiger partial charge in [-0.2, -0.15) is 13.2 Å². The first kappa shape index (κ1) is 34.1. The molecule has 0 saturated carbocycles. The summed E-state index contributed by atoms with van der Waals surface area (Å²) in [5, 5.41) is 33.8. The molecule has 3 heterocycles. The van der Waals surface area contributed by atoms with Gasteiger partial charge in [0.2, 0.25) is 0 Å². The zero-order valence-electron chi connectivity index (χ0n) is 25.2. The summed E-state index contributed by atoms with van der Waals surface area (Å²) in [6.07, 6.45) is -1.71. The highest BCUT2D eigenvalue weighted by atomic mass is 35.5. The number of fused-ring (bicyclic) bond motifs is 1. The maximum absolute atomic E-state index is 12.7. The van der Waals surface area contributed by atoms with E-state index < -0.39 is 42.3 Å². The molecule has 1 fully saturated rings. The van der Waals surface area contributed by atoms with Gasteiger partial charge in [-0.25, -0.2) is 19.7 Å². The quantitative estimate of drug-likeness (QED) is 0.0942. The summed E-state index contributed by atoms with van der Waals surface area (Å²) in [7, 11) is 0. The van der Waals surface area contributed by atoms with Crippen LogP contribution in [0, 0.1) is 0 Å². The smallest absolute Gasteiger partial charge is 0.387 e. The van der Waals surface area contributed by atoms with E-state index in [2.05, 4.69) is 36.2 Å². The second kappa shape index (κ2) is 15.1. The molecule has 2 aromatic carbocycles. The van der Waals surface area contributed by atoms with Gasteiger partial charge in [0, 0.05) is 29.8 Å². The highest BCUT2D eigenvalue weighted by molar-refractivity contribution is 6.30. The van der Waals surface area contributed by atoms with E-state index in [9.17, 15) is 28.2 Å². The molecule has 2 aromatic heterocycles. The first-order chi connectivity index (χ1) is 22.5. The fourth-order valence-electron chi connectivity index (χ4n) is 4.96. The average Bonchev–Trinajstić information content (AvgIpc) is 3.59. The summed E-state index contributed by atoms with van der Waals surface area (Å²) in [4.78, 5) is 25.1. The van der Waals surface area contributed by atoms with E-state index in [1.807, 2.05) is 25.1 Å². The van der Waals surface area contributed by atoms with Crippen molar-refractivity contribution in [2.75, 3.05) is 23.7 Å². The van der Waals surface area contributed by atoms with Gasteiger partial charge in [0.15, 0.2) is 23.2 Å². The molecule has 1 aliphatic rings. The number of aliphatic hydroxyl groups excluding tert-OH is 2. The van der Waals surface area contributed by atoms with Crippen LogP contribution in [0.4, 0.5) is 29.5 Å². The number of halogens is 4. The second-order valence-electron chi connectivity index (χ2n) is 10.9. The highest BCUT2D eigenvalue weighted by Gasteiger charge is 2.43. The van der Waals surface area contributed by atoms with E-state index in [0.29, 0.717) is 48.1 Å². The van der Waals surface area contributed by atoms with Crippen molar-refractivity contribution >= 4 is 40.3 Å². The Morgan fingerprint density at radius 3 is 2.64 bits per heavy atom. The van der Waals surface area contributed by atoms with Gasteiger partial charge in [-0.05, 0) is 61.9 Å². The van der Waals surface area contributed by atoms with E-state index in [-0.39, 0.29) is 11.7 Å². The Kier molecular flexibility index (Phi) is 10.9. The fourth-order valence-corrected chi connectivity index (χ4v) is 5.17. The van der Waals surface area contributed by atoms with Crippen LogP contribution in [0.3, 0.4) is 0 Å². The van der Waals surface area contributed by atoms with Crippen LogP contribution in [-0.4, -0.2) is 73.2 Å². The van der Waals surface area contributed by atoms with Gasteiger partial charge < -0.3 is 36.2 Å². The molecule has 0 radical (unpaired) electrons. The number of rotatable bonds is 12. The van der Waals surface area contributed by atoms with Crippen LogP contribution >= 0.6 is 11.6 Å². The molecule has 1 saturated heterocycles. The SMILES string of the molecule is CC(C=C[C@H]1O[C@@H](n2cnc3c(NCc4cccc(Cl)c4)ncnc32)[C@H](O)[C@@H]1O)NCCCNC(=O)Nc1ccc(C(F)(F)F)cc1. The molecule has 0 bridgehead atoms. The summed E-state index contributed by atoms with van der Waals surface area (Å²) in [5.74, 6) is 0.494. The monoisotopic (exact) mass is 674 g/mol. The zero-order valence-corrected chi connectivity index (χ0v) is 25.9. The van der Waals surface area contributed by atoms with Crippen molar-refractivity contribution in [1.82, 2.24) is 30.2 Å². The number of hydrogen-bond donors (Lipinski definition) is 6. The minimum atomic E-state index is -4.44.